The van der Waals surface area contributed by atoms with Crippen LogP contribution >= 0.6 is 0 Å². The summed E-state index contributed by atoms with van der Waals surface area (Å²) in [5, 5.41) is 0. The Balaban J connectivity index is 2.96. The van der Waals surface area contributed by atoms with Crippen molar-refractivity contribution in [1.29, 1.82) is 0 Å². The normalized spacial score (nSPS) is 9.95. The van der Waals surface area contributed by atoms with Crippen LogP contribution in [0.3, 0.4) is 0 Å². The van der Waals surface area contributed by atoms with Crippen LogP contribution in [0.4, 0.5) is 0 Å². The summed E-state index contributed by atoms with van der Waals surface area (Å²) in [6, 6.07) is 5.56. The first kappa shape index (κ1) is 16.0. The van der Waals surface area contributed by atoms with Crippen molar-refractivity contribution in [3.05, 3.63) is 47.5 Å². The smallest absolute Gasteiger partial charge is 0.325 e. The molecule has 0 saturated carbocycles. The summed E-state index contributed by atoms with van der Waals surface area (Å²) < 4.78 is 4.89. The van der Waals surface area contributed by atoms with Crippen molar-refractivity contribution in [2.75, 3.05) is 19.7 Å². The number of carbonyl (C=O) groups is 2. The predicted octanol–water partition coefficient (Wildman–Crippen LogP) is 2.49. The quantitative estimate of drug-likeness (QED) is 0.592. The molecule has 0 fully saturated rings. The summed E-state index contributed by atoms with van der Waals surface area (Å²) in [6.07, 6.45) is 1.60. The lowest BCUT2D eigenvalue weighted by Crippen LogP contribution is -2.37. The number of amides is 1. The molecular weight excluding hydrogens is 254 g/mol. The number of nitrogens with zero attached hydrogens (tertiary/aromatic N) is 1. The van der Waals surface area contributed by atoms with Crippen molar-refractivity contribution in [2.45, 2.75) is 20.8 Å². The molecular formula is C16H21NO3. The summed E-state index contributed by atoms with van der Waals surface area (Å²) >= 11 is 0. The van der Waals surface area contributed by atoms with Gasteiger partial charge in [0.15, 0.2) is 0 Å². The van der Waals surface area contributed by atoms with E-state index < -0.39 is 5.97 Å². The summed E-state index contributed by atoms with van der Waals surface area (Å²) in [5.74, 6) is -0.591. The molecule has 0 atom stereocenters. The summed E-state index contributed by atoms with van der Waals surface area (Å²) in [4.78, 5) is 25.5. The zero-order valence-corrected chi connectivity index (χ0v) is 12.3. The lowest BCUT2D eigenvalue weighted by atomic mass is 10.0. The fourth-order valence-electron chi connectivity index (χ4n) is 1.89. The summed E-state index contributed by atoms with van der Waals surface area (Å²) in [7, 11) is 0. The minimum Gasteiger partial charge on any atom is -0.465 e. The molecule has 0 saturated heterocycles. The number of hydrogen-bond donors (Lipinski definition) is 0. The Hall–Kier alpha value is -2.10. The van der Waals surface area contributed by atoms with Gasteiger partial charge < -0.3 is 9.64 Å². The van der Waals surface area contributed by atoms with Crippen LogP contribution in [0.2, 0.25) is 0 Å². The van der Waals surface area contributed by atoms with Gasteiger partial charge in [0.05, 0.1) is 6.61 Å². The maximum atomic E-state index is 12.5. The molecule has 0 aliphatic rings. The van der Waals surface area contributed by atoms with Crippen LogP contribution in [-0.4, -0.2) is 36.5 Å². The van der Waals surface area contributed by atoms with Crippen molar-refractivity contribution >= 4 is 11.9 Å². The van der Waals surface area contributed by atoms with Crippen molar-refractivity contribution < 1.29 is 14.3 Å². The molecule has 20 heavy (non-hydrogen) atoms. The zero-order valence-electron chi connectivity index (χ0n) is 12.3. The summed E-state index contributed by atoms with van der Waals surface area (Å²) in [6.45, 7) is 9.77. The highest BCUT2D eigenvalue weighted by Crippen LogP contribution is 2.15. The first-order valence-corrected chi connectivity index (χ1v) is 6.63. The average Bonchev–Trinajstić information content (AvgIpc) is 2.41. The first-order chi connectivity index (χ1) is 9.51. The third-order valence-electron chi connectivity index (χ3n) is 3.10. The second kappa shape index (κ2) is 7.48. The van der Waals surface area contributed by atoms with Gasteiger partial charge in [-0.25, -0.2) is 0 Å². The lowest BCUT2D eigenvalue weighted by molar-refractivity contribution is -0.143. The molecule has 0 heterocycles. The average molecular weight is 275 g/mol. The van der Waals surface area contributed by atoms with E-state index >= 15 is 0 Å². The van der Waals surface area contributed by atoms with E-state index in [1.165, 1.54) is 4.90 Å². The Morgan fingerprint density at radius 2 is 2.05 bits per heavy atom. The van der Waals surface area contributed by atoms with E-state index in [2.05, 4.69) is 6.58 Å². The van der Waals surface area contributed by atoms with Gasteiger partial charge >= 0.3 is 5.97 Å². The molecule has 1 amide bonds. The molecule has 0 aromatic heterocycles. The van der Waals surface area contributed by atoms with Gasteiger partial charge in [-0.3, -0.25) is 9.59 Å². The Bertz CT molecular complexity index is 508. The van der Waals surface area contributed by atoms with Crippen molar-refractivity contribution in [3.63, 3.8) is 0 Å². The second-order valence-corrected chi connectivity index (χ2v) is 4.53. The molecule has 1 aromatic rings. The van der Waals surface area contributed by atoms with Crippen LogP contribution in [0, 0.1) is 13.8 Å². The molecule has 4 nitrogen and oxygen atoms in total. The summed E-state index contributed by atoms with van der Waals surface area (Å²) in [5.41, 5.74) is 2.58. The zero-order chi connectivity index (χ0) is 15.1. The third-order valence-corrected chi connectivity index (χ3v) is 3.10. The standard InChI is InChI=1S/C16H21NO3/c1-5-10-17(11-15(18)20-6-2)16(19)14-9-7-8-12(3)13(14)4/h5,7-9H,1,6,10-11H2,2-4H3. The lowest BCUT2D eigenvalue weighted by Gasteiger charge is -2.21. The van der Waals surface area contributed by atoms with Crippen LogP contribution in [0.5, 0.6) is 0 Å². The highest BCUT2D eigenvalue weighted by atomic mass is 16.5. The van der Waals surface area contributed by atoms with E-state index in [0.29, 0.717) is 18.7 Å². The first-order valence-electron chi connectivity index (χ1n) is 6.63. The van der Waals surface area contributed by atoms with E-state index in [9.17, 15) is 9.59 Å². The molecule has 0 unspecified atom stereocenters. The molecule has 0 aliphatic carbocycles. The van der Waals surface area contributed by atoms with Gasteiger partial charge in [-0.05, 0) is 38.0 Å². The number of esters is 1. The Morgan fingerprint density at radius 1 is 1.35 bits per heavy atom. The number of benzene rings is 1. The number of ether oxygens (including phenoxy) is 1. The molecule has 0 N–H and O–H groups in total. The van der Waals surface area contributed by atoms with Gasteiger partial charge in [0, 0.05) is 12.1 Å². The fraction of sp³-hybridized carbons (Fsp3) is 0.375. The molecule has 4 heteroatoms. The van der Waals surface area contributed by atoms with Crippen LogP contribution in [-0.2, 0) is 9.53 Å². The van der Waals surface area contributed by atoms with Crippen molar-refractivity contribution in [3.8, 4) is 0 Å². The van der Waals surface area contributed by atoms with E-state index in [1.807, 2.05) is 26.0 Å². The SMILES string of the molecule is C=CCN(CC(=O)OCC)C(=O)c1cccc(C)c1C. The highest BCUT2D eigenvalue weighted by Gasteiger charge is 2.20. The number of carbonyl (C=O) groups excluding carboxylic acids is 2. The molecule has 0 aliphatic heterocycles. The Kier molecular flexibility index (Phi) is 5.97. The van der Waals surface area contributed by atoms with E-state index in [1.54, 1.807) is 19.1 Å². The van der Waals surface area contributed by atoms with E-state index in [-0.39, 0.29) is 12.5 Å². The second-order valence-electron chi connectivity index (χ2n) is 4.53. The highest BCUT2D eigenvalue weighted by molar-refractivity contribution is 5.97. The molecule has 0 bridgehead atoms. The fourth-order valence-corrected chi connectivity index (χ4v) is 1.89. The molecule has 0 spiro atoms. The van der Waals surface area contributed by atoms with Gasteiger partial charge in [0.25, 0.3) is 5.91 Å². The third kappa shape index (κ3) is 3.95. The van der Waals surface area contributed by atoms with Gasteiger partial charge in [-0.2, -0.15) is 0 Å². The van der Waals surface area contributed by atoms with Crippen LogP contribution in [0.15, 0.2) is 30.9 Å². The predicted molar refractivity (Wildman–Crippen MR) is 78.6 cm³/mol. The molecule has 1 rings (SSSR count). The van der Waals surface area contributed by atoms with E-state index in [4.69, 9.17) is 4.74 Å². The Labute approximate surface area is 120 Å². The van der Waals surface area contributed by atoms with Gasteiger partial charge in [0.1, 0.15) is 6.54 Å². The maximum absolute atomic E-state index is 12.5. The van der Waals surface area contributed by atoms with Gasteiger partial charge in [-0.1, -0.05) is 18.2 Å². The number of aryl methyl sites for hydroxylation is 1. The Morgan fingerprint density at radius 3 is 2.65 bits per heavy atom. The number of rotatable bonds is 6. The van der Waals surface area contributed by atoms with Gasteiger partial charge in [-0.15, -0.1) is 6.58 Å². The molecule has 0 radical (unpaired) electrons. The number of hydrogen-bond acceptors (Lipinski definition) is 3. The largest absolute Gasteiger partial charge is 0.465 e. The van der Waals surface area contributed by atoms with Crippen LogP contribution in [0.25, 0.3) is 0 Å². The van der Waals surface area contributed by atoms with Gasteiger partial charge in [0.2, 0.25) is 0 Å². The minimum absolute atomic E-state index is 0.0634. The van der Waals surface area contributed by atoms with Crippen LogP contribution < -0.4 is 0 Å². The van der Waals surface area contributed by atoms with Crippen molar-refractivity contribution in [1.82, 2.24) is 4.90 Å². The van der Waals surface area contributed by atoms with Crippen molar-refractivity contribution in [2.24, 2.45) is 0 Å². The minimum atomic E-state index is -0.409. The topological polar surface area (TPSA) is 46.6 Å². The van der Waals surface area contributed by atoms with E-state index in [0.717, 1.165) is 11.1 Å². The molecule has 1 aromatic carbocycles. The monoisotopic (exact) mass is 275 g/mol. The molecule has 108 valence electrons. The van der Waals surface area contributed by atoms with Crippen LogP contribution in [0.1, 0.15) is 28.4 Å². The maximum Gasteiger partial charge on any atom is 0.325 e.